The van der Waals surface area contributed by atoms with Crippen molar-refractivity contribution in [3.63, 3.8) is 0 Å². The maximum absolute atomic E-state index is 11.1. The van der Waals surface area contributed by atoms with E-state index in [-0.39, 0.29) is 6.61 Å². The first-order chi connectivity index (χ1) is 12.0. The number of rotatable bonds is 7. The van der Waals surface area contributed by atoms with Crippen LogP contribution >= 0.6 is 11.3 Å². The van der Waals surface area contributed by atoms with E-state index in [2.05, 4.69) is 17.5 Å². The van der Waals surface area contributed by atoms with Crippen LogP contribution in [0.4, 0.5) is 0 Å². The molecular formula is C19H18O4S2. The molecule has 1 heterocycles. The Balaban J connectivity index is 1.65. The molecule has 0 aliphatic carbocycles. The largest absolute Gasteiger partial charge is 0.489 e. The molecular weight excluding hydrogens is 356 g/mol. The van der Waals surface area contributed by atoms with Gasteiger partial charge in [-0.2, -0.15) is 19.8 Å². The summed E-state index contributed by atoms with van der Waals surface area (Å²) in [6.45, 7) is 0.431. The SMILES string of the molecule is CS(=O)(=O)OCc1cccc(COc2cccc(-c3ccsc3)c2)c1. The van der Waals surface area contributed by atoms with Gasteiger partial charge in [-0.1, -0.05) is 36.4 Å². The Morgan fingerprint density at radius 3 is 2.40 bits per heavy atom. The van der Waals surface area contributed by atoms with E-state index in [4.69, 9.17) is 8.92 Å². The molecule has 4 nitrogen and oxygen atoms in total. The lowest BCUT2D eigenvalue weighted by molar-refractivity contribution is 0.302. The number of hydrogen-bond donors (Lipinski definition) is 0. The van der Waals surface area contributed by atoms with Crippen molar-refractivity contribution in [1.29, 1.82) is 0 Å². The lowest BCUT2D eigenvalue weighted by atomic mass is 10.1. The smallest absolute Gasteiger partial charge is 0.264 e. The highest BCUT2D eigenvalue weighted by molar-refractivity contribution is 7.85. The molecule has 0 amide bonds. The monoisotopic (exact) mass is 374 g/mol. The van der Waals surface area contributed by atoms with E-state index in [0.29, 0.717) is 6.61 Å². The third-order valence-electron chi connectivity index (χ3n) is 3.53. The minimum absolute atomic E-state index is 0.0281. The quantitative estimate of drug-likeness (QED) is 0.573. The standard InChI is InChI=1S/C19H18O4S2/c1-25(20,21)23-13-16-5-2-4-15(10-16)12-22-19-7-3-6-17(11-19)18-8-9-24-14-18/h2-11,14H,12-13H2,1H3. The van der Waals surface area contributed by atoms with Gasteiger partial charge in [-0.25, -0.2) is 0 Å². The lowest BCUT2D eigenvalue weighted by Gasteiger charge is -2.09. The van der Waals surface area contributed by atoms with E-state index >= 15 is 0 Å². The predicted octanol–water partition coefficient (Wildman–Crippen LogP) is 4.47. The molecule has 130 valence electrons. The average Bonchev–Trinajstić information content (AvgIpc) is 3.13. The molecule has 0 N–H and O–H groups in total. The summed E-state index contributed by atoms with van der Waals surface area (Å²) in [6.07, 6.45) is 1.04. The summed E-state index contributed by atoms with van der Waals surface area (Å²) in [5.41, 5.74) is 4.04. The van der Waals surface area contributed by atoms with E-state index in [9.17, 15) is 8.42 Å². The van der Waals surface area contributed by atoms with Crippen molar-refractivity contribution in [3.8, 4) is 16.9 Å². The molecule has 6 heteroatoms. The summed E-state index contributed by atoms with van der Waals surface area (Å²) in [4.78, 5) is 0. The van der Waals surface area contributed by atoms with E-state index in [1.807, 2.05) is 47.8 Å². The Labute approximate surface area is 151 Å². The van der Waals surface area contributed by atoms with Crippen LogP contribution in [-0.4, -0.2) is 14.7 Å². The van der Waals surface area contributed by atoms with Crippen LogP contribution in [0, 0.1) is 0 Å². The summed E-state index contributed by atoms with van der Waals surface area (Å²) in [7, 11) is -3.45. The van der Waals surface area contributed by atoms with Crippen molar-refractivity contribution >= 4 is 21.5 Å². The van der Waals surface area contributed by atoms with Crippen LogP contribution in [0.25, 0.3) is 11.1 Å². The molecule has 0 aliphatic heterocycles. The molecule has 1 aromatic heterocycles. The summed E-state index contributed by atoms with van der Waals surface area (Å²) < 4.78 is 32.9. The zero-order valence-electron chi connectivity index (χ0n) is 13.7. The number of thiophene rings is 1. The second kappa shape index (κ2) is 7.82. The summed E-state index contributed by atoms with van der Waals surface area (Å²) >= 11 is 1.66. The lowest BCUT2D eigenvalue weighted by Crippen LogP contribution is -2.03. The third-order valence-corrected chi connectivity index (χ3v) is 4.75. The molecule has 2 aromatic carbocycles. The van der Waals surface area contributed by atoms with Gasteiger partial charge in [0.15, 0.2) is 0 Å². The van der Waals surface area contributed by atoms with E-state index in [0.717, 1.165) is 28.7 Å². The van der Waals surface area contributed by atoms with Crippen LogP contribution in [0.3, 0.4) is 0 Å². The maximum Gasteiger partial charge on any atom is 0.264 e. The minimum atomic E-state index is -3.45. The topological polar surface area (TPSA) is 52.6 Å². The van der Waals surface area contributed by atoms with Gasteiger partial charge < -0.3 is 4.74 Å². The van der Waals surface area contributed by atoms with Gasteiger partial charge in [0.05, 0.1) is 12.9 Å². The Hall–Kier alpha value is -2.15. The van der Waals surface area contributed by atoms with E-state index in [1.54, 1.807) is 11.3 Å². The fourth-order valence-corrected chi connectivity index (χ4v) is 3.36. The molecule has 0 saturated heterocycles. The summed E-state index contributed by atoms with van der Waals surface area (Å²) in [5, 5.41) is 4.15. The maximum atomic E-state index is 11.1. The molecule has 0 saturated carbocycles. The molecule has 0 bridgehead atoms. The zero-order valence-corrected chi connectivity index (χ0v) is 15.3. The number of benzene rings is 2. The Bertz CT molecular complexity index is 932. The van der Waals surface area contributed by atoms with Crippen LogP contribution < -0.4 is 4.74 Å². The number of ether oxygens (including phenoxy) is 1. The molecule has 3 aromatic rings. The molecule has 0 spiro atoms. The molecule has 0 unspecified atom stereocenters. The second-order valence-electron chi connectivity index (χ2n) is 5.61. The highest BCUT2D eigenvalue weighted by Crippen LogP contribution is 2.26. The van der Waals surface area contributed by atoms with E-state index < -0.39 is 10.1 Å². The van der Waals surface area contributed by atoms with Gasteiger partial charge in [0.1, 0.15) is 12.4 Å². The molecule has 0 fully saturated rings. The first-order valence-corrected chi connectivity index (χ1v) is 10.4. The zero-order chi connectivity index (χ0) is 17.7. The van der Waals surface area contributed by atoms with Crippen LogP contribution in [-0.2, 0) is 27.5 Å². The van der Waals surface area contributed by atoms with Crippen LogP contribution in [0.1, 0.15) is 11.1 Å². The van der Waals surface area contributed by atoms with Crippen LogP contribution in [0.2, 0.25) is 0 Å². The first kappa shape index (κ1) is 17.7. The normalized spacial score (nSPS) is 11.4. The van der Waals surface area contributed by atoms with Crippen molar-refractivity contribution < 1.29 is 17.3 Å². The second-order valence-corrected chi connectivity index (χ2v) is 8.04. The predicted molar refractivity (Wildman–Crippen MR) is 100 cm³/mol. The summed E-state index contributed by atoms with van der Waals surface area (Å²) in [5.74, 6) is 0.793. The Morgan fingerprint density at radius 1 is 0.920 bits per heavy atom. The summed E-state index contributed by atoms with van der Waals surface area (Å²) in [6, 6.07) is 17.5. The van der Waals surface area contributed by atoms with Gasteiger partial charge in [-0.15, -0.1) is 0 Å². The van der Waals surface area contributed by atoms with Crippen molar-refractivity contribution in [2.45, 2.75) is 13.2 Å². The fraction of sp³-hybridized carbons (Fsp3) is 0.158. The molecule has 25 heavy (non-hydrogen) atoms. The van der Waals surface area contributed by atoms with Gasteiger partial charge in [-0.05, 0) is 51.2 Å². The van der Waals surface area contributed by atoms with E-state index in [1.165, 1.54) is 5.56 Å². The fourth-order valence-electron chi connectivity index (χ4n) is 2.35. The van der Waals surface area contributed by atoms with Crippen LogP contribution in [0.5, 0.6) is 5.75 Å². The molecule has 0 radical (unpaired) electrons. The van der Waals surface area contributed by atoms with Crippen LogP contribution in [0.15, 0.2) is 65.4 Å². The average molecular weight is 374 g/mol. The highest BCUT2D eigenvalue weighted by Gasteiger charge is 2.05. The Kier molecular flexibility index (Phi) is 5.53. The number of hydrogen-bond acceptors (Lipinski definition) is 5. The van der Waals surface area contributed by atoms with Gasteiger partial charge in [0.25, 0.3) is 10.1 Å². The van der Waals surface area contributed by atoms with Crippen molar-refractivity contribution in [2.75, 3.05) is 6.26 Å². The van der Waals surface area contributed by atoms with Crippen molar-refractivity contribution in [2.24, 2.45) is 0 Å². The van der Waals surface area contributed by atoms with Gasteiger partial charge in [-0.3, -0.25) is 4.18 Å². The third kappa shape index (κ3) is 5.42. The Morgan fingerprint density at radius 2 is 1.68 bits per heavy atom. The van der Waals surface area contributed by atoms with Gasteiger partial charge >= 0.3 is 0 Å². The molecule has 0 atom stereocenters. The molecule has 3 rings (SSSR count). The van der Waals surface area contributed by atoms with Crippen molar-refractivity contribution in [3.05, 3.63) is 76.5 Å². The highest BCUT2D eigenvalue weighted by atomic mass is 32.2. The molecule has 0 aliphatic rings. The van der Waals surface area contributed by atoms with Gasteiger partial charge in [0.2, 0.25) is 0 Å². The minimum Gasteiger partial charge on any atom is -0.489 e. The van der Waals surface area contributed by atoms with Gasteiger partial charge in [0, 0.05) is 0 Å². The first-order valence-electron chi connectivity index (χ1n) is 7.67. The van der Waals surface area contributed by atoms with Crippen molar-refractivity contribution in [1.82, 2.24) is 0 Å².